The van der Waals surface area contributed by atoms with Crippen LogP contribution in [0, 0.1) is 5.92 Å². The molecule has 0 bridgehead atoms. The SMILES string of the molecule is ClC(CCC1CCCC1)c1ccc2c3c(cccc13)CC2. The molecule has 0 amide bonds. The Morgan fingerprint density at radius 2 is 1.76 bits per heavy atom. The molecule has 2 aliphatic carbocycles. The smallest absolute Gasteiger partial charge is 0.0591 e. The zero-order valence-electron chi connectivity index (χ0n) is 12.6. The fourth-order valence-electron chi connectivity index (χ4n) is 4.38. The van der Waals surface area contributed by atoms with E-state index in [0.717, 1.165) is 12.3 Å². The van der Waals surface area contributed by atoms with Gasteiger partial charge in [-0.2, -0.15) is 0 Å². The minimum atomic E-state index is 0.176. The molecule has 2 aromatic carbocycles. The van der Waals surface area contributed by atoms with Crippen molar-refractivity contribution in [1.29, 1.82) is 0 Å². The lowest BCUT2D eigenvalue weighted by Crippen LogP contribution is -1.99. The number of alkyl halides is 1. The second-order valence-corrected chi connectivity index (χ2v) is 7.38. The summed E-state index contributed by atoms with van der Waals surface area (Å²) < 4.78 is 0. The molecule has 0 N–H and O–H groups in total. The zero-order valence-corrected chi connectivity index (χ0v) is 13.3. The van der Waals surface area contributed by atoms with E-state index in [9.17, 15) is 0 Å². The summed E-state index contributed by atoms with van der Waals surface area (Å²) in [6, 6.07) is 11.4. The summed E-state index contributed by atoms with van der Waals surface area (Å²) in [5.41, 5.74) is 4.39. The van der Waals surface area contributed by atoms with Crippen LogP contribution in [0.15, 0.2) is 30.3 Å². The predicted molar refractivity (Wildman–Crippen MR) is 91.1 cm³/mol. The van der Waals surface area contributed by atoms with Gasteiger partial charge in [-0.15, -0.1) is 11.6 Å². The Hall–Kier alpha value is -1.01. The Morgan fingerprint density at radius 3 is 2.57 bits per heavy atom. The van der Waals surface area contributed by atoms with Crippen LogP contribution in [-0.2, 0) is 12.8 Å². The Balaban J connectivity index is 1.61. The molecule has 2 aliphatic rings. The topological polar surface area (TPSA) is 0 Å². The minimum Gasteiger partial charge on any atom is -0.118 e. The van der Waals surface area contributed by atoms with Gasteiger partial charge in [0, 0.05) is 0 Å². The van der Waals surface area contributed by atoms with Crippen molar-refractivity contribution in [3.63, 3.8) is 0 Å². The minimum absolute atomic E-state index is 0.176. The molecule has 0 heterocycles. The van der Waals surface area contributed by atoms with Crippen molar-refractivity contribution in [2.45, 2.75) is 56.7 Å². The third kappa shape index (κ3) is 2.48. The summed E-state index contributed by atoms with van der Waals surface area (Å²) >= 11 is 6.79. The number of halogens is 1. The highest BCUT2D eigenvalue weighted by molar-refractivity contribution is 6.22. The number of benzene rings is 2. The van der Waals surface area contributed by atoms with E-state index >= 15 is 0 Å². The zero-order chi connectivity index (χ0) is 14.2. The molecule has 1 heteroatoms. The van der Waals surface area contributed by atoms with Crippen molar-refractivity contribution >= 4 is 22.4 Å². The summed E-state index contributed by atoms with van der Waals surface area (Å²) in [6.07, 6.45) is 10.5. The standard InChI is InChI=1S/C20H23Cl/c21-19(13-8-14-4-1-2-5-14)17-12-11-16-10-9-15-6-3-7-18(17)20(15)16/h3,6-7,11-12,14,19H,1-2,4-5,8-10,13H2. The lowest BCUT2D eigenvalue weighted by atomic mass is 9.94. The van der Waals surface area contributed by atoms with Crippen LogP contribution in [0.5, 0.6) is 0 Å². The molecule has 1 unspecified atom stereocenters. The Kier molecular flexibility index (Phi) is 3.67. The quantitative estimate of drug-likeness (QED) is 0.590. The lowest BCUT2D eigenvalue weighted by molar-refractivity contribution is 0.480. The van der Waals surface area contributed by atoms with Gasteiger partial charge in [-0.05, 0) is 59.1 Å². The normalized spacial score (nSPS) is 19.5. The summed E-state index contributed by atoms with van der Waals surface area (Å²) in [4.78, 5) is 0. The number of hydrogen-bond donors (Lipinski definition) is 0. The first-order valence-electron chi connectivity index (χ1n) is 8.50. The molecule has 0 saturated heterocycles. The van der Waals surface area contributed by atoms with Crippen molar-refractivity contribution in [2.24, 2.45) is 5.92 Å². The maximum absolute atomic E-state index is 6.79. The van der Waals surface area contributed by atoms with Crippen LogP contribution in [0.4, 0.5) is 0 Å². The summed E-state index contributed by atoms with van der Waals surface area (Å²) in [5, 5.41) is 3.09. The van der Waals surface area contributed by atoms with Gasteiger partial charge >= 0.3 is 0 Å². The van der Waals surface area contributed by atoms with Crippen molar-refractivity contribution in [2.75, 3.05) is 0 Å². The molecular weight excluding hydrogens is 276 g/mol. The van der Waals surface area contributed by atoms with Gasteiger partial charge in [0.25, 0.3) is 0 Å². The fraction of sp³-hybridized carbons (Fsp3) is 0.500. The van der Waals surface area contributed by atoms with Crippen LogP contribution >= 0.6 is 11.6 Å². The first-order chi connectivity index (χ1) is 10.3. The van der Waals surface area contributed by atoms with Crippen molar-refractivity contribution in [3.8, 4) is 0 Å². The van der Waals surface area contributed by atoms with Crippen LogP contribution in [0.1, 0.15) is 60.6 Å². The highest BCUT2D eigenvalue weighted by Gasteiger charge is 2.21. The molecule has 0 aromatic heterocycles. The maximum Gasteiger partial charge on any atom is 0.0591 e. The van der Waals surface area contributed by atoms with E-state index in [-0.39, 0.29) is 5.38 Å². The van der Waals surface area contributed by atoms with E-state index in [2.05, 4.69) is 30.3 Å². The van der Waals surface area contributed by atoms with Crippen molar-refractivity contribution < 1.29 is 0 Å². The van der Waals surface area contributed by atoms with E-state index < -0.39 is 0 Å². The van der Waals surface area contributed by atoms with Gasteiger partial charge in [-0.3, -0.25) is 0 Å². The van der Waals surface area contributed by atoms with Crippen LogP contribution in [0.25, 0.3) is 10.8 Å². The number of rotatable bonds is 4. The summed E-state index contributed by atoms with van der Waals surface area (Å²) in [5.74, 6) is 0.933. The van der Waals surface area contributed by atoms with Crippen LogP contribution in [0.3, 0.4) is 0 Å². The number of aryl methyl sites for hydroxylation is 2. The van der Waals surface area contributed by atoms with Gasteiger partial charge in [0.2, 0.25) is 0 Å². The Bertz CT molecular complexity index is 642. The van der Waals surface area contributed by atoms with E-state index in [4.69, 9.17) is 11.6 Å². The first-order valence-corrected chi connectivity index (χ1v) is 8.94. The van der Waals surface area contributed by atoms with Gasteiger partial charge < -0.3 is 0 Å². The Morgan fingerprint density at radius 1 is 1.00 bits per heavy atom. The molecule has 0 radical (unpaired) electrons. The summed E-state index contributed by atoms with van der Waals surface area (Å²) in [7, 11) is 0. The molecule has 0 spiro atoms. The van der Waals surface area contributed by atoms with E-state index in [0.29, 0.717) is 0 Å². The maximum atomic E-state index is 6.79. The van der Waals surface area contributed by atoms with E-state index in [1.807, 2.05) is 0 Å². The molecular formula is C20H23Cl. The average molecular weight is 299 g/mol. The van der Waals surface area contributed by atoms with Gasteiger partial charge in [0.05, 0.1) is 5.38 Å². The lowest BCUT2D eigenvalue weighted by Gasteiger charge is -2.16. The molecule has 0 aliphatic heterocycles. The van der Waals surface area contributed by atoms with Gasteiger partial charge in [-0.1, -0.05) is 56.0 Å². The molecule has 21 heavy (non-hydrogen) atoms. The van der Waals surface area contributed by atoms with Gasteiger partial charge in [0.15, 0.2) is 0 Å². The van der Waals surface area contributed by atoms with Crippen LogP contribution < -0.4 is 0 Å². The highest BCUT2D eigenvalue weighted by Crippen LogP contribution is 2.39. The molecule has 1 fully saturated rings. The van der Waals surface area contributed by atoms with Gasteiger partial charge in [0.1, 0.15) is 0 Å². The van der Waals surface area contributed by atoms with Crippen LogP contribution in [0.2, 0.25) is 0 Å². The van der Waals surface area contributed by atoms with E-state index in [1.54, 1.807) is 0 Å². The average Bonchev–Trinajstić information content (AvgIpc) is 3.16. The monoisotopic (exact) mass is 298 g/mol. The molecule has 2 aromatic rings. The fourth-order valence-corrected chi connectivity index (χ4v) is 4.70. The van der Waals surface area contributed by atoms with Crippen LogP contribution in [-0.4, -0.2) is 0 Å². The molecule has 1 saturated carbocycles. The Labute approximate surface area is 132 Å². The first kappa shape index (κ1) is 13.6. The highest BCUT2D eigenvalue weighted by atomic mass is 35.5. The van der Waals surface area contributed by atoms with Gasteiger partial charge in [-0.25, -0.2) is 0 Å². The third-order valence-electron chi connectivity index (χ3n) is 5.55. The molecule has 110 valence electrons. The predicted octanol–water partition coefficient (Wildman–Crippen LogP) is 6.19. The van der Waals surface area contributed by atoms with Crippen molar-refractivity contribution in [3.05, 3.63) is 47.0 Å². The molecule has 0 nitrogen and oxygen atoms in total. The number of hydrogen-bond acceptors (Lipinski definition) is 0. The third-order valence-corrected chi connectivity index (χ3v) is 6.00. The second kappa shape index (κ2) is 5.65. The van der Waals surface area contributed by atoms with E-state index in [1.165, 1.54) is 72.4 Å². The largest absolute Gasteiger partial charge is 0.118 e. The summed E-state index contributed by atoms with van der Waals surface area (Å²) in [6.45, 7) is 0. The van der Waals surface area contributed by atoms with Crippen molar-refractivity contribution in [1.82, 2.24) is 0 Å². The second-order valence-electron chi connectivity index (χ2n) is 6.85. The molecule has 4 rings (SSSR count). The molecule has 1 atom stereocenters.